The van der Waals surface area contributed by atoms with Crippen LogP contribution in [0, 0.1) is 12.8 Å². The quantitative estimate of drug-likeness (QED) is 0.258. The van der Waals surface area contributed by atoms with Crippen LogP contribution in [0.2, 0.25) is 5.02 Å². The molecular weight excluding hydrogens is 450 g/mol. The molecule has 6 heteroatoms. The Morgan fingerprint density at radius 1 is 1.03 bits per heavy atom. The van der Waals surface area contributed by atoms with Gasteiger partial charge in [0.2, 0.25) is 0 Å². The molecule has 3 aromatic rings. The van der Waals surface area contributed by atoms with Gasteiger partial charge in [-0.15, -0.1) is 0 Å². The summed E-state index contributed by atoms with van der Waals surface area (Å²) in [6.45, 7) is 6.59. The van der Waals surface area contributed by atoms with Crippen molar-refractivity contribution in [3.05, 3.63) is 100 Å². The summed E-state index contributed by atoms with van der Waals surface area (Å²) >= 11 is 6.03. The fraction of sp³-hybridized carbons (Fsp3) is 0.214. The van der Waals surface area contributed by atoms with Crippen molar-refractivity contribution in [1.82, 2.24) is 0 Å². The Hall–Kier alpha value is -3.57. The number of carbonyl (C=O) groups excluding carboxylic acids is 2. The van der Waals surface area contributed by atoms with Gasteiger partial charge in [-0.2, -0.15) is 0 Å². The highest BCUT2D eigenvalue weighted by molar-refractivity contribution is 6.51. The van der Waals surface area contributed by atoms with E-state index in [1.54, 1.807) is 42.5 Å². The van der Waals surface area contributed by atoms with E-state index in [1.165, 1.54) is 4.90 Å². The van der Waals surface area contributed by atoms with E-state index in [0.29, 0.717) is 40.1 Å². The van der Waals surface area contributed by atoms with Crippen molar-refractivity contribution in [3.8, 4) is 5.75 Å². The Balaban J connectivity index is 1.83. The number of halogens is 1. The van der Waals surface area contributed by atoms with Gasteiger partial charge in [-0.3, -0.25) is 14.5 Å². The van der Waals surface area contributed by atoms with E-state index in [9.17, 15) is 14.7 Å². The van der Waals surface area contributed by atoms with Gasteiger partial charge in [0.25, 0.3) is 11.7 Å². The van der Waals surface area contributed by atoms with Crippen LogP contribution < -0.4 is 9.64 Å². The highest BCUT2D eigenvalue weighted by Gasteiger charge is 2.46. The minimum absolute atomic E-state index is 0.0430. The van der Waals surface area contributed by atoms with Crippen molar-refractivity contribution in [2.75, 3.05) is 11.5 Å². The van der Waals surface area contributed by atoms with Gasteiger partial charge >= 0.3 is 0 Å². The largest absolute Gasteiger partial charge is 0.507 e. The monoisotopic (exact) mass is 475 g/mol. The molecule has 1 unspecified atom stereocenters. The summed E-state index contributed by atoms with van der Waals surface area (Å²) in [5.74, 6) is -0.568. The lowest BCUT2D eigenvalue weighted by Crippen LogP contribution is -2.29. The summed E-state index contributed by atoms with van der Waals surface area (Å²) in [5, 5.41) is 11.8. The molecule has 1 N–H and O–H groups in total. The zero-order valence-corrected chi connectivity index (χ0v) is 20.0. The fourth-order valence-electron chi connectivity index (χ4n) is 4.02. The third-order valence-electron chi connectivity index (χ3n) is 5.69. The normalized spacial score (nSPS) is 17.4. The number of benzene rings is 3. The fourth-order valence-corrected chi connectivity index (χ4v) is 4.15. The number of aliphatic hydroxyl groups excluding tert-OH is 1. The van der Waals surface area contributed by atoms with Crippen molar-refractivity contribution >= 4 is 34.7 Å². The molecule has 0 aromatic heterocycles. The predicted molar refractivity (Wildman–Crippen MR) is 134 cm³/mol. The standard InChI is InChI=1S/C28H26ClNO4/c1-17(2)16-34-23-14-9-20(15-18(23)3)26(31)24-25(19-7-5-4-6-8-19)30(28(33)27(24)32)22-12-10-21(29)11-13-22/h4-15,17,25,31H,16H2,1-3H3/b26-24-. The third-order valence-corrected chi connectivity index (χ3v) is 5.94. The summed E-state index contributed by atoms with van der Waals surface area (Å²) in [6.07, 6.45) is 0. The van der Waals surface area contributed by atoms with Gasteiger partial charge in [-0.05, 0) is 66.4 Å². The SMILES string of the molecule is Cc1cc(/C(O)=C2/C(=O)C(=O)N(c3ccc(Cl)cc3)C2c2ccccc2)ccc1OCC(C)C. The minimum atomic E-state index is -0.778. The van der Waals surface area contributed by atoms with E-state index in [-0.39, 0.29) is 11.3 Å². The van der Waals surface area contributed by atoms with E-state index in [2.05, 4.69) is 13.8 Å². The van der Waals surface area contributed by atoms with Gasteiger partial charge in [-0.1, -0.05) is 55.8 Å². The lowest BCUT2D eigenvalue weighted by Gasteiger charge is -2.25. The van der Waals surface area contributed by atoms with E-state index >= 15 is 0 Å². The Bertz CT molecular complexity index is 1250. The number of carbonyl (C=O) groups is 2. The lowest BCUT2D eigenvalue weighted by atomic mass is 9.94. The maximum absolute atomic E-state index is 13.2. The molecule has 1 atom stereocenters. The first kappa shape index (κ1) is 23.6. The molecule has 174 valence electrons. The molecule has 3 aromatic carbocycles. The summed E-state index contributed by atoms with van der Waals surface area (Å²) in [7, 11) is 0. The number of nitrogens with zero attached hydrogens (tertiary/aromatic N) is 1. The highest BCUT2D eigenvalue weighted by atomic mass is 35.5. The van der Waals surface area contributed by atoms with Gasteiger partial charge in [0.05, 0.1) is 18.2 Å². The molecule has 1 amide bonds. The topological polar surface area (TPSA) is 66.8 Å². The van der Waals surface area contributed by atoms with Gasteiger partial charge in [-0.25, -0.2) is 0 Å². The van der Waals surface area contributed by atoms with Crippen LogP contribution in [-0.4, -0.2) is 23.4 Å². The van der Waals surface area contributed by atoms with Crippen molar-refractivity contribution < 1.29 is 19.4 Å². The summed E-state index contributed by atoms with van der Waals surface area (Å²) < 4.78 is 5.83. The molecule has 0 bridgehead atoms. The van der Waals surface area contributed by atoms with Gasteiger partial charge in [0.1, 0.15) is 11.5 Å². The first-order chi connectivity index (χ1) is 16.3. The van der Waals surface area contributed by atoms with Gasteiger partial charge < -0.3 is 9.84 Å². The Kier molecular flexibility index (Phi) is 6.75. The number of Topliss-reactive ketones (excluding diaryl/α,β-unsaturated/α-hetero) is 1. The number of ether oxygens (including phenoxy) is 1. The molecule has 0 aliphatic carbocycles. The molecule has 34 heavy (non-hydrogen) atoms. The molecule has 0 radical (unpaired) electrons. The highest BCUT2D eigenvalue weighted by Crippen LogP contribution is 2.42. The maximum Gasteiger partial charge on any atom is 0.300 e. The smallest absolute Gasteiger partial charge is 0.300 e. The molecule has 1 heterocycles. The van der Waals surface area contributed by atoms with Crippen LogP contribution in [0.3, 0.4) is 0 Å². The van der Waals surface area contributed by atoms with Crippen LogP contribution >= 0.6 is 11.6 Å². The zero-order chi connectivity index (χ0) is 24.4. The Morgan fingerprint density at radius 3 is 2.32 bits per heavy atom. The predicted octanol–water partition coefficient (Wildman–Crippen LogP) is 6.31. The van der Waals surface area contributed by atoms with Crippen molar-refractivity contribution in [3.63, 3.8) is 0 Å². The molecule has 0 spiro atoms. The van der Waals surface area contributed by atoms with Crippen molar-refractivity contribution in [2.45, 2.75) is 26.8 Å². The minimum Gasteiger partial charge on any atom is -0.507 e. The first-order valence-corrected chi connectivity index (χ1v) is 11.5. The van der Waals surface area contributed by atoms with Crippen LogP contribution in [0.1, 0.15) is 36.6 Å². The zero-order valence-electron chi connectivity index (χ0n) is 19.3. The number of aryl methyl sites for hydroxylation is 1. The summed E-state index contributed by atoms with van der Waals surface area (Å²) in [6, 6.07) is 20.4. The van der Waals surface area contributed by atoms with Gasteiger partial charge in [0, 0.05) is 16.3 Å². The van der Waals surface area contributed by atoms with Gasteiger partial charge in [0.15, 0.2) is 0 Å². The average Bonchev–Trinajstić information content (AvgIpc) is 3.09. The van der Waals surface area contributed by atoms with Crippen LogP contribution in [0.4, 0.5) is 5.69 Å². The molecular formula is C28H26ClNO4. The maximum atomic E-state index is 13.2. The number of rotatable bonds is 6. The van der Waals surface area contributed by atoms with E-state index < -0.39 is 17.7 Å². The Labute approximate surface area is 204 Å². The lowest BCUT2D eigenvalue weighted by molar-refractivity contribution is -0.132. The summed E-state index contributed by atoms with van der Waals surface area (Å²) in [4.78, 5) is 27.8. The van der Waals surface area contributed by atoms with Crippen LogP contribution in [0.25, 0.3) is 5.76 Å². The van der Waals surface area contributed by atoms with Crippen LogP contribution in [-0.2, 0) is 9.59 Å². The van der Waals surface area contributed by atoms with E-state index in [1.807, 2.05) is 37.3 Å². The third kappa shape index (κ3) is 4.57. The van der Waals surface area contributed by atoms with Crippen molar-refractivity contribution in [2.24, 2.45) is 5.92 Å². The number of aliphatic hydroxyl groups is 1. The molecule has 4 rings (SSSR count). The number of ketones is 1. The molecule has 5 nitrogen and oxygen atoms in total. The molecule has 1 fully saturated rings. The molecule has 1 aliphatic heterocycles. The number of hydrogen-bond acceptors (Lipinski definition) is 4. The second-order valence-corrected chi connectivity index (χ2v) is 9.18. The van der Waals surface area contributed by atoms with Crippen molar-refractivity contribution in [1.29, 1.82) is 0 Å². The summed E-state index contributed by atoms with van der Waals surface area (Å²) in [5.41, 5.74) is 2.55. The average molecular weight is 476 g/mol. The second kappa shape index (κ2) is 9.74. The van der Waals surface area contributed by atoms with Crippen LogP contribution in [0.15, 0.2) is 78.4 Å². The van der Waals surface area contributed by atoms with Crippen LogP contribution in [0.5, 0.6) is 5.75 Å². The number of amides is 1. The Morgan fingerprint density at radius 2 is 1.71 bits per heavy atom. The number of anilines is 1. The van der Waals surface area contributed by atoms with E-state index in [0.717, 1.165) is 5.56 Å². The second-order valence-electron chi connectivity index (χ2n) is 8.74. The molecule has 1 aliphatic rings. The van der Waals surface area contributed by atoms with E-state index in [4.69, 9.17) is 16.3 Å². The number of hydrogen-bond donors (Lipinski definition) is 1. The molecule has 0 saturated carbocycles. The first-order valence-electron chi connectivity index (χ1n) is 11.1. The molecule has 1 saturated heterocycles.